The lowest BCUT2D eigenvalue weighted by Gasteiger charge is -2.18. The Kier molecular flexibility index (Phi) is 9.24. The van der Waals surface area contributed by atoms with Gasteiger partial charge in [0.15, 0.2) is 0 Å². The molecule has 0 aromatic rings. The first-order chi connectivity index (χ1) is 7.10. The highest BCUT2D eigenvalue weighted by molar-refractivity contribution is 4.76. The Bertz CT molecular complexity index is 126. The summed E-state index contributed by atoms with van der Waals surface area (Å²) in [4.78, 5) is 0. The van der Waals surface area contributed by atoms with E-state index >= 15 is 0 Å². The molecule has 0 saturated heterocycles. The first-order valence-electron chi connectivity index (χ1n) is 6.93. The normalized spacial score (nSPS) is 15.6. The van der Waals surface area contributed by atoms with Crippen LogP contribution in [-0.2, 0) is 0 Å². The van der Waals surface area contributed by atoms with Crippen LogP contribution in [-0.4, -0.2) is 0 Å². The summed E-state index contributed by atoms with van der Waals surface area (Å²) >= 11 is 0. The van der Waals surface area contributed by atoms with Crippen LogP contribution in [0, 0.1) is 24.2 Å². The molecule has 0 heteroatoms. The molecule has 0 aliphatic carbocycles. The lowest BCUT2D eigenvalue weighted by atomic mass is 9.87. The summed E-state index contributed by atoms with van der Waals surface area (Å²) in [6, 6.07) is 0. The predicted molar refractivity (Wildman–Crippen MR) is 70.8 cm³/mol. The fraction of sp³-hybridized carbons (Fsp3) is 0.933. The fourth-order valence-corrected chi connectivity index (χ4v) is 1.96. The second-order valence-electron chi connectivity index (χ2n) is 5.47. The van der Waals surface area contributed by atoms with E-state index in [1.807, 2.05) is 0 Å². The molecule has 0 aromatic heterocycles. The van der Waals surface area contributed by atoms with Gasteiger partial charge in [0, 0.05) is 0 Å². The van der Waals surface area contributed by atoms with Gasteiger partial charge in [-0.1, -0.05) is 60.3 Å². The van der Waals surface area contributed by atoms with Crippen molar-refractivity contribution in [2.75, 3.05) is 0 Å². The highest BCUT2D eigenvalue weighted by Crippen LogP contribution is 2.24. The molecule has 0 aliphatic rings. The third kappa shape index (κ3) is 8.96. The quantitative estimate of drug-likeness (QED) is 0.474. The zero-order valence-corrected chi connectivity index (χ0v) is 11.6. The van der Waals surface area contributed by atoms with E-state index in [1.54, 1.807) is 0 Å². The van der Waals surface area contributed by atoms with E-state index in [2.05, 4.69) is 41.0 Å². The Morgan fingerprint density at radius 2 is 1.47 bits per heavy atom. The van der Waals surface area contributed by atoms with E-state index in [0.29, 0.717) is 0 Å². The van der Waals surface area contributed by atoms with E-state index < -0.39 is 0 Å². The molecule has 1 radical (unpaired) electrons. The zero-order chi connectivity index (χ0) is 11.7. The molecule has 0 bridgehead atoms. The summed E-state index contributed by atoms with van der Waals surface area (Å²) < 4.78 is 0. The maximum atomic E-state index is 2.53. The lowest BCUT2D eigenvalue weighted by Crippen LogP contribution is -2.05. The third-order valence-electron chi connectivity index (χ3n) is 3.41. The van der Waals surface area contributed by atoms with Crippen LogP contribution in [0.2, 0.25) is 0 Å². The van der Waals surface area contributed by atoms with Crippen molar-refractivity contribution in [2.45, 2.75) is 73.1 Å². The maximum absolute atomic E-state index is 2.53. The van der Waals surface area contributed by atoms with E-state index in [-0.39, 0.29) is 0 Å². The van der Waals surface area contributed by atoms with Gasteiger partial charge in [-0.2, -0.15) is 0 Å². The van der Waals surface area contributed by atoms with Crippen LogP contribution < -0.4 is 0 Å². The van der Waals surface area contributed by atoms with Crippen molar-refractivity contribution >= 4 is 0 Å². The van der Waals surface area contributed by atoms with Crippen molar-refractivity contribution in [3.8, 4) is 0 Å². The van der Waals surface area contributed by atoms with Crippen molar-refractivity contribution in [1.82, 2.24) is 0 Å². The minimum absolute atomic E-state index is 0.862. The van der Waals surface area contributed by atoms with Crippen LogP contribution in [0.3, 0.4) is 0 Å². The van der Waals surface area contributed by atoms with E-state index in [0.717, 1.165) is 17.8 Å². The van der Waals surface area contributed by atoms with Crippen LogP contribution in [0.4, 0.5) is 0 Å². The zero-order valence-electron chi connectivity index (χ0n) is 11.6. The number of hydrogen-bond acceptors (Lipinski definition) is 0. The molecule has 15 heavy (non-hydrogen) atoms. The molecule has 0 spiro atoms. The Hall–Kier alpha value is 0. The number of hydrogen-bond donors (Lipinski definition) is 0. The van der Waals surface area contributed by atoms with Crippen molar-refractivity contribution in [3.63, 3.8) is 0 Å². The van der Waals surface area contributed by atoms with Crippen LogP contribution >= 0.6 is 0 Å². The highest BCUT2D eigenvalue weighted by atomic mass is 14.2. The third-order valence-corrected chi connectivity index (χ3v) is 3.41. The molecule has 0 nitrogen and oxygen atoms in total. The minimum Gasteiger partial charge on any atom is -0.0651 e. The SMILES string of the molecule is CC[CH][C@H](CCC(C)C)CC[C@@H](C)CC. The first-order valence-corrected chi connectivity index (χ1v) is 6.93. The molecular weight excluding hydrogens is 180 g/mol. The van der Waals surface area contributed by atoms with Crippen LogP contribution in [0.25, 0.3) is 0 Å². The minimum atomic E-state index is 0.862. The van der Waals surface area contributed by atoms with Gasteiger partial charge < -0.3 is 0 Å². The molecule has 2 atom stereocenters. The van der Waals surface area contributed by atoms with Gasteiger partial charge in [-0.3, -0.25) is 0 Å². The monoisotopic (exact) mass is 211 g/mol. The molecule has 0 unspecified atom stereocenters. The Morgan fingerprint density at radius 1 is 0.867 bits per heavy atom. The van der Waals surface area contributed by atoms with Gasteiger partial charge >= 0.3 is 0 Å². The molecule has 0 heterocycles. The molecule has 0 aromatic carbocycles. The van der Waals surface area contributed by atoms with Crippen LogP contribution in [0.5, 0.6) is 0 Å². The Morgan fingerprint density at radius 3 is 1.93 bits per heavy atom. The molecule has 0 aliphatic heterocycles. The lowest BCUT2D eigenvalue weighted by molar-refractivity contribution is 0.385. The summed E-state index contributed by atoms with van der Waals surface area (Å²) in [5.74, 6) is 2.66. The molecule has 0 amide bonds. The van der Waals surface area contributed by atoms with Crippen molar-refractivity contribution in [3.05, 3.63) is 6.42 Å². The average Bonchev–Trinajstić information content (AvgIpc) is 2.21. The van der Waals surface area contributed by atoms with Crippen LogP contribution in [0.15, 0.2) is 0 Å². The molecule has 0 rings (SSSR count). The fourth-order valence-electron chi connectivity index (χ4n) is 1.96. The van der Waals surface area contributed by atoms with Crippen molar-refractivity contribution in [2.24, 2.45) is 17.8 Å². The van der Waals surface area contributed by atoms with Gasteiger partial charge in [0.2, 0.25) is 0 Å². The topological polar surface area (TPSA) is 0 Å². The summed E-state index contributed by atoms with van der Waals surface area (Å²) in [6.45, 7) is 11.6. The summed E-state index contributed by atoms with van der Waals surface area (Å²) in [5.41, 5.74) is 0. The van der Waals surface area contributed by atoms with Crippen molar-refractivity contribution in [1.29, 1.82) is 0 Å². The van der Waals surface area contributed by atoms with Gasteiger partial charge in [-0.15, -0.1) is 0 Å². The number of rotatable bonds is 9. The Labute approximate surface area is 97.8 Å². The van der Waals surface area contributed by atoms with E-state index in [4.69, 9.17) is 0 Å². The van der Waals surface area contributed by atoms with Gasteiger partial charge in [-0.05, 0) is 37.0 Å². The second-order valence-corrected chi connectivity index (χ2v) is 5.47. The van der Waals surface area contributed by atoms with E-state index in [1.165, 1.54) is 38.5 Å². The smallest absolute Gasteiger partial charge is 0.0357 e. The standard InChI is InChI=1S/C15H31/c1-6-8-15(11-9-13(3)4)12-10-14(5)7-2/h8,13-15H,6-7,9-12H2,1-5H3/t14-,15+/m0/s1. The molecule has 0 saturated carbocycles. The van der Waals surface area contributed by atoms with Gasteiger partial charge in [0.25, 0.3) is 0 Å². The Balaban J connectivity index is 3.72. The maximum Gasteiger partial charge on any atom is -0.0357 e. The second kappa shape index (κ2) is 9.24. The van der Waals surface area contributed by atoms with Gasteiger partial charge in [0.05, 0.1) is 0 Å². The average molecular weight is 211 g/mol. The summed E-state index contributed by atoms with van der Waals surface area (Å²) in [5, 5.41) is 0. The predicted octanol–water partition coefficient (Wildman–Crippen LogP) is 5.48. The van der Waals surface area contributed by atoms with Crippen molar-refractivity contribution < 1.29 is 0 Å². The first kappa shape index (κ1) is 15.0. The summed E-state index contributed by atoms with van der Waals surface area (Å²) in [6.07, 6.45) is 10.7. The van der Waals surface area contributed by atoms with E-state index in [9.17, 15) is 0 Å². The van der Waals surface area contributed by atoms with Gasteiger partial charge in [-0.25, -0.2) is 0 Å². The van der Waals surface area contributed by atoms with Crippen LogP contribution in [0.1, 0.15) is 73.1 Å². The largest absolute Gasteiger partial charge is 0.0651 e. The molecule has 0 N–H and O–H groups in total. The summed E-state index contributed by atoms with van der Waals surface area (Å²) in [7, 11) is 0. The molecule has 91 valence electrons. The molecule has 0 fully saturated rings. The molecular formula is C15H31. The highest BCUT2D eigenvalue weighted by Gasteiger charge is 2.10. The van der Waals surface area contributed by atoms with Gasteiger partial charge in [0.1, 0.15) is 0 Å².